The first kappa shape index (κ1) is 21.7. The number of aliphatic hydroxyl groups is 2. The Kier molecular flexibility index (Phi) is 8.26. The second-order valence-electron chi connectivity index (χ2n) is 7.93. The van der Waals surface area contributed by atoms with Crippen LogP contribution in [-0.2, 0) is 4.74 Å². The van der Waals surface area contributed by atoms with E-state index in [-0.39, 0.29) is 18.0 Å². The van der Waals surface area contributed by atoms with E-state index < -0.39 is 18.4 Å². The first-order valence-corrected chi connectivity index (χ1v) is 11.6. The molecular formula is C21H34N2O4S. The fourth-order valence-corrected chi connectivity index (χ4v) is 5.16. The summed E-state index contributed by atoms with van der Waals surface area (Å²) >= 11 is 1.73. The first-order chi connectivity index (χ1) is 13.6. The van der Waals surface area contributed by atoms with Crippen LogP contribution in [0.2, 0.25) is 0 Å². The lowest BCUT2D eigenvalue weighted by Gasteiger charge is -2.32. The Morgan fingerprint density at radius 2 is 1.93 bits per heavy atom. The van der Waals surface area contributed by atoms with Crippen molar-refractivity contribution in [3.8, 4) is 0 Å². The lowest BCUT2D eigenvalue weighted by molar-refractivity contribution is -0.0541. The van der Waals surface area contributed by atoms with Crippen LogP contribution < -0.4 is 5.32 Å². The molecule has 6 nitrogen and oxygen atoms in total. The van der Waals surface area contributed by atoms with Gasteiger partial charge in [0.1, 0.15) is 17.7 Å². The molecule has 0 saturated carbocycles. The van der Waals surface area contributed by atoms with Crippen molar-refractivity contribution in [1.29, 1.82) is 0 Å². The van der Waals surface area contributed by atoms with Crippen molar-refractivity contribution in [1.82, 2.24) is 10.2 Å². The summed E-state index contributed by atoms with van der Waals surface area (Å²) in [5, 5.41) is 22.2. The summed E-state index contributed by atoms with van der Waals surface area (Å²) in [6.07, 6.45) is 14.0. The summed E-state index contributed by atoms with van der Waals surface area (Å²) in [5.74, 6) is 0. The fraction of sp³-hybridized carbons (Fsp3) is 0.762. The Labute approximate surface area is 172 Å². The molecule has 3 aliphatic rings. The number of nitrogens with one attached hydrogen (secondary N) is 1. The molecule has 3 rings (SSSR count). The summed E-state index contributed by atoms with van der Waals surface area (Å²) in [4.78, 5) is 15.3. The van der Waals surface area contributed by atoms with E-state index in [0.717, 1.165) is 12.0 Å². The average Bonchev–Trinajstić information content (AvgIpc) is 3.25. The summed E-state index contributed by atoms with van der Waals surface area (Å²) < 4.78 is 5.63. The molecule has 0 aliphatic carbocycles. The smallest absolute Gasteiger partial charge is 0.324 e. The number of fused-ring (bicyclic) bond motifs is 1. The van der Waals surface area contributed by atoms with Gasteiger partial charge in [-0.05, 0) is 23.8 Å². The number of urea groups is 1. The number of carbonyl (C=O) groups excluding carboxylic acids is 1. The highest BCUT2D eigenvalue weighted by Gasteiger charge is 2.41. The van der Waals surface area contributed by atoms with Gasteiger partial charge < -0.3 is 20.3 Å². The molecule has 158 valence electrons. The van der Waals surface area contributed by atoms with Gasteiger partial charge in [-0.25, -0.2) is 4.79 Å². The van der Waals surface area contributed by atoms with Crippen LogP contribution in [0.5, 0.6) is 0 Å². The fourth-order valence-electron chi connectivity index (χ4n) is 3.97. The van der Waals surface area contributed by atoms with Crippen molar-refractivity contribution in [2.24, 2.45) is 0 Å². The van der Waals surface area contributed by atoms with Gasteiger partial charge in [0.05, 0.1) is 12.7 Å². The van der Waals surface area contributed by atoms with E-state index in [0.29, 0.717) is 6.42 Å². The molecule has 0 aromatic heterocycles. The van der Waals surface area contributed by atoms with E-state index in [1.54, 1.807) is 11.8 Å². The molecule has 0 spiro atoms. The van der Waals surface area contributed by atoms with Gasteiger partial charge in [0.15, 0.2) is 0 Å². The third kappa shape index (κ3) is 5.53. The number of nitrogens with zero attached hydrogens (tertiary/aromatic N) is 1. The minimum Gasteiger partial charge on any atom is -0.394 e. The Morgan fingerprint density at radius 3 is 2.61 bits per heavy atom. The highest BCUT2D eigenvalue weighted by Crippen LogP contribution is 2.40. The highest BCUT2D eigenvalue weighted by molar-refractivity contribution is 8.04. The zero-order valence-corrected chi connectivity index (χ0v) is 17.6. The number of carbonyl (C=O) groups is 1. The normalized spacial score (nSPS) is 29.5. The van der Waals surface area contributed by atoms with Gasteiger partial charge in [-0.15, -0.1) is 11.8 Å². The van der Waals surface area contributed by atoms with Gasteiger partial charge >= 0.3 is 6.03 Å². The predicted molar refractivity (Wildman–Crippen MR) is 112 cm³/mol. The van der Waals surface area contributed by atoms with Gasteiger partial charge in [0.2, 0.25) is 0 Å². The van der Waals surface area contributed by atoms with Gasteiger partial charge in [-0.3, -0.25) is 4.90 Å². The molecule has 0 aromatic carbocycles. The van der Waals surface area contributed by atoms with Crippen LogP contribution in [0.4, 0.5) is 4.79 Å². The zero-order chi connectivity index (χ0) is 19.9. The Bertz CT molecular complexity index is 595. The van der Waals surface area contributed by atoms with Crippen LogP contribution in [0.3, 0.4) is 0 Å². The maximum Gasteiger partial charge on any atom is 0.324 e. The zero-order valence-electron chi connectivity index (χ0n) is 16.8. The summed E-state index contributed by atoms with van der Waals surface area (Å²) in [7, 11) is 0. The van der Waals surface area contributed by atoms with Crippen molar-refractivity contribution >= 4 is 17.8 Å². The molecule has 0 radical (unpaired) electrons. The standard InChI is InChI=1S/C21H34N2O4S/c1-2-3-4-5-6-7-8-9-10-16-11-15-13-23(21(26)22-20(15)28-16)19-12-17(25)18(14-24)27-19/h11,13,17-20,24-25H,2-10,12,14H2,1H3,(H,22,26). The average molecular weight is 411 g/mol. The van der Waals surface area contributed by atoms with Crippen molar-refractivity contribution in [2.45, 2.75) is 94.9 Å². The van der Waals surface area contributed by atoms with E-state index in [1.807, 2.05) is 6.20 Å². The van der Waals surface area contributed by atoms with Crippen LogP contribution in [0.1, 0.15) is 71.1 Å². The SMILES string of the molecule is CCCCCCCCCCC1=CC2=CN(C3CC(O)C(CO)O3)C(=O)NC2S1. The number of rotatable bonds is 11. The van der Waals surface area contributed by atoms with E-state index in [1.165, 1.54) is 61.2 Å². The first-order valence-electron chi connectivity index (χ1n) is 10.7. The van der Waals surface area contributed by atoms with Crippen molar-refractivity contribution in [3.63, 3.8) is 0 Å². The van der Waals surface area contributed by atoms with Crippen molar-refractivity contribution < 1.29 is 19.7 Å². The Hall–Kier alpha value is -1.02. The van der Waals surface area contributed by atoms with E-state index in [9.17, 15) is 15.0 Å². The monoisotopic (exact) mass is 410 g/mol. The third-order valence-electron chi connectivity index (χ3n) is 5.65. The number of unbranched alkanes of at least 4 members (excludes halogenated alkanes) is 7. The third-order valence-corrected chi connectivity index (χ3v) is 6.90. The molecule has 1 saturated heterocycles. The van der Waals surface area contributed by atoms with Crippen LogP contribution in [0.15, 0.2) is 22.8 Å². The van der Waals surface area contributed by atoms with Gasteiger partial charge in [0, 0.05) is 18.2 Å². The Morgan fingerprint density at radius 1 is 1.21 bits per heavy atom. The maximum absolute atomic E-state index is 12.4. The second-order valence-corrected chi connectivity index (χ2v) is 9.17. The molecule has 3 aliphatic heterocycles. The molecule has 1 fully saturated rings. The largest absolute Gasteiger partial charge is 0.394 e. The molecule has 3 heterocycles. The molecule has 0 bridgehead atoms. The number of aliphatic hydroxyl groups excluding tert-OH is 2. The number of hydrogen-bond acceptors (Lipinski definition) is 5. The number of amides is 2. The lowest BCUT2D eigenvalue weighted by Crippen LogP contribution is -2.49. The van der Waals surface area contributed by atoms with Crippen molar-refractivity contribution in [3.05, 3.63) is 22.8 Å². The number of hydrogen-bond donors (Lipinski definition) is 3. The van der Waals surface area contributed by atoms with Crippen LogP contribution >= 0.6 is 11.8 Å². The minimum absolute atomic E-state index is 0.0206. The Balaban J connectivity index is 1.45. The highest BCUT2D eigenvalue weighted by atomic mass is 32.2. The second kappa shape index (κ2) is 10.7. The molecule has 2 amide bonds. The molecule has 28 heavy (non-hydrogen) atoms. The van der Waals surface area contributed by atoms with Gasteiger partial charge in [0.25, 0.3) is 0 Å². The van der Waals surface area contributed by atoms with Crippen LogP contribution in [0.25, 0.3) is 0 Å². The molecule has 4 atom stereocenters. The number of allylic oxidation sites excluding steroid dienone is 1. The van der Waals surface area contributed by atoms with E-state index in [4.69, 9.17) is 4.74 Å². The minimum atomic E-state index is -0.745. The predicted octanol–water partition coefficient (Wildman–Crippen LogP) is 3.85. The maximum atomic E-state index is 12.4. The summed E-state index contributed by atoms with van der Waals surface area (Å²) in [5.41, 5.74) is 1.07. The molecular weight excluding hydrogens is 376 g/mol. The molecule has 7 heteroatoms. The van der Waals surface area contributed by atoms with Crippen LogP contribution in [0, 0.1) is 0 Å². The van der Waals surface area contributed by atoms with E-state index in [2.05, 4.69) is 18.3 Å². The van der Waals surface area contributed by atoms with E-state index >= 15 is 0 Å². The molecule has 0 aromatic rings. The topological polar surface area (TPSA) is 82.0 Å². The summed E-state index contributed by atoms with van der Waals surface area (Å²) in [6, 6.07) is -0.209. The number of thioether (sulfide) groups is 1. The molecule has 4 unspecified atom stereocenters. The quantitative estimate of drug-likeness (QED) is 0.451. The van der Waals surface area contributed by atoms with Gasteiger partial charge in [-0.2, -0.15) is 0 Å². The number of ether oxygens (including phenoxy) is 1. The van der Waals surface area contributed by atoms with Crippen molar-refractivity contribution in [2.75, 3.05) is 6.61 Å². The van der Waals surface area contributed by atoms with Gasteiger partial charge in [-0.1, -0.05) is 51.9 Å². The summed E-state index contributed by atoms with van der Waals surface area (Å²) in [6.45, 7) is 2.00. The van der Waals surface area contributed by atoms with Crippen LogP contribution in [-0.4, -0.2) is 51.6 Å². The molecule has 3 N–H and O–H groups in total. The lowest BCUT2D eigenvalue weighted by atomic mass is 10.1.